The van der Waals surface area contributed by atoms with Crippen molar-refractivity contribution < 1.29 is 0 Å². The standard InChI is InChI=1S/C44H28/c1-2-6-27(7-3-1)35-22-20-34(36-21-16-32-14-12-28-8-4-10-30-18-24-38(36)43(32)41(28)30)26-40(35)37-23-17-33-15-13-29-9-5-11-31-19-25-39(37)44(33)42(29)31/h1-10,12-24,26H,11,25H2. The van der Waals surface area contributed by atoms with Gasteiger partial charge in [-0.3, -0.25) is 0 Å². The molecule has 8 aromatic rings. The fourth-order valence-electron chi connectivity index (χ4n) is 8.07. The lowest BCUT2D eigenvalue weighted by Gasteiger charge is -2.26. The van der Waals surface area contributed by atoms with Crippen molar-refractivity contribution in [2.45, 2.75) is 12.8 Å². The van der Waals surface area contributed by atoms with Crippen LogP contribution in [0.15, 0.2) is 140 Å². The van der Waals surface area contributed by atoms with Gasteiger partial charge in [-0.25, -0.2) is 0 Å². The van der Waals surface area contributed by atoms with Crippen molar-refractivity contribution in [2.75, 3.05) is 0 Å². The molecule has 0 heterocycles. The average Bonchev–Trinajstić information content (AvgIpc) is 3.09. The number of benzene rings is 8. The first-order chi connectivity index (χ1) is 21.8. The molecule has 0 amide bonds. The summed E-state index contributed by atoms with van der Waals surface area (Å²) in [6, 6.07) is 47.8. The molecule has 0 radical (unpaired) electrons. The van der Waals surface area contributed by atoms with Crippen LogP contribution < -0.4 is 0 Å². The largest absolute Gasteiger partial charge is 0.0795 e. The van der Waals surface area contributed by atoms with Crippen LogP contribution in [0.4, 0.5) is 0 Å². The molecule has 8 aromatic carbocycles. The normalized spacial score (nSPS) is 13.8. The minimum atomic E-state index is 0.962. The maximum Gasteiger partial charge on any atom is -0.00206 e. The summed E-state index contributed by atoms with van der Waals surface area (Å²) in [5.74, 6) is 0. The minimum Gasteiger partial charge on any atom is -0.0795 e. The zero-order chi connectivity index (χ0) is 28.8. The fraction of sp³-hybridized carbons (Fsp3) is 0.0455. The Labute approximate surface area is 256 Å². The third-order valence-electron chi connectivity index (χ3n) is 10.1. The molecule has 0 aromatic heterocycles. The summed E-state index contributed by atoms with van der Waals surface area (Å²) in [5, 5.41) is 10.7. The van der Waals surface area contributed by atoms with Gasteiger partial charge in [0.1, 0.15) is 0 Å². The van der Waals surface area contributed by atoms with Crippen LogP contribution in [0.5, 0.6) is 0 Å². The van der Waals surface area contributed by atoms with Crippen LogP contribution in [0, 0.1) is 0 Å². The summed E-state index contributed by atoms with van der Waals surface area (Å²) in [6.45, 7) is 0. The smallest absolute Gasteiger partial charge is 0.00206 e. The van der Waals surface area contributed by atoms with Gasteiger partial charge in [-0.1, -0.05) is 140 Å². The van der Waals surface area contributed by atoms with Crippen molar-refractivity contribution >= 4 is 54.7 Å². The van der Waals surface area contributed by atoms with Crippen molar-refractivity contribution in [3.05, 3.63) is 156 Å². The van der Waals surface area contributed by atoms with Gasteiger partial charge >= 0.3 is 0 Å². The molecule has 0 fully saturated rings. The molecule has 0 unspecified atom stereocenters. The Morgan fingerprint density at radius 3 is 2.00 bits per heavy atom. The molecular formula is C44H28. The number of allylic oxidation sites excluding steroid dienone is 3. The zero-order valence-electron chi connectivity index (χ0n) is 24.3. The predicted molar refractivity (Wildman–Crippen MR) is 189 cm³/mol. The molecule has 0 bridgehead atoms. The van der Waals surface area contributed by atoms with Gasteiger partial charge in [0, 0.05) is 0 Å². The highest BCUT2D eigenvalue weighted by Crippen LogP contribution is 2.47. The molecule has 0 heteroatoms. The van der Waals surface area contributed by atoms with Crippen LogP contribution in [0.1, 0.15) is 23.1 Å². The SMILES string of the molecule is C1=Cc2ccc3ccc(-c4cc(-c5ccc6ccc7cccc8ccc5c6c78)ccc4-c4ccccc4)c4c3c2C(=CC4)C1. The van der Waals surface area contributed by atoms with Crippen LogP contribution in [-0.2, 0) is 6.42 Å². The van der Waals surface area contributed by atoms with Gasteiger partial charge in [-0.05, 0) is 118 Å². The summed E-state index contributed by atoms with van der Waals surface area (Å²) in [6.07, 6.45) is 9.07. The Morgan fingerprint density at radius 1 is 0.432 bits per heavy atom. The van der Waals surface area contributed by atoms with E-state index in [-0.39, 0.29) is 0 Å². The molecule has 2 aliphatic rings. The first kappa shape index (κ1) is 24.0. The van der Waals surface area contributed by atoms with Crippen LogP contribution in [0.25, 0.3) is 88.1 Å². The molecule has 0 saturated heterocycles. The van der Waals surface area contributed by atoms with Crippen molar-refractivity contribution in [1.82, 2.24) is 0 Å². The molecule has 0 aliphatic heterocycles. The van der Waals surface area contributed by atoms with E-state index >= 15 is 0 Å². The molecule has 204 valence electrons. The maximum atomic E-state index is 2.47. The Morgan fingerprint density at radius 2 is 1.14 bits per heavy atom. The zero-order valence-corrected chi connectivity index (χ0v) is 24.3. The molecule has 0 spiro atoms. The summed E-state index contributed by atoms with van der Waals surface area (Å²) in [7, 11) is 0. The van der Waals surface area contributed by atoms with E-state index in [2.05, 4.69) is 146 Å². The average molecular weight is 557 g/mol. The van der Waals surface area contributed by atoms with E-state index in [4.69, 9.17) is 0 Å². The summed E-state index contributed by atoms with van der Waals surface area (Å²) in [5.41, 5.74) is 13.4. The van der Waals surface area contributed by atoms with Crippen LogP contribution in [-0.4, -0.2) is 0 Å². The van der Waals surface area contributed by atoms with Crippen LogP contribution in [0.3, 0.4) is 0 Å². The second-order valence-corrected chi connectivity index (χ2v) is 12.4. The Hall–Kier alpha value is -5.46. The lowest BCUT2D eigenvalue weighted by molar-refractivity contribution is 1.23. The third kappa shape index (κ3) is 3.34. The quantitative estimate of drug-likeness (QED) is 0.190. The molecule has 0 nitrogen and oxygen atoms in total. The number of hydrogen-bond donors (Lipinski definition) is 0. The lowest BCUT2D eigenvalue weighted by Crippen LogP contribution is -2.05. The third-order valence-corrected chi connectivity index (χ3v) is 10.1. The fourth-order valence-corrected chi connectivity index (χ4v) is 8.07. The van der Waals surface area contributed by atoms with Gasteiger partial charge in [-0.2, -0.15) is 0 Å². The second-order valence-electron chi connectivity index (χ2n) is 12.4. The summed E-state index contributed by atoms with van der Waals surface area (Å²) in [4.78, 5) is 0. The molecular weight excluding hydrogens is 528 g/mol. The second kappa shape index (κ2) is 9.02. The molecule has 10 rings (SSSR count). The van der Waals surface area contributed by atoms with E-state index in [1.807, 2.05) is 0 Å². The lowest BCUT2D eigenvalue weighted by atomic mass is 9.78. The van der Waals surface area contributed by atoms with E-state index in [1.165, 1.54) is 98.7 Å². The maximum absolute atomic E-state index is 2.47. The van der Waals surface area contributed by atoms with E-state index < -0.39 is 0 Å². The number of rotatable bonds is 3. The van der Waals surface area contributed by atoms with Crippen molar-refractivity contribution in [3.8, 4) is 33.4 Å². The Kier molecular flexibility index (Phi) is 4.93. The van der Waals surface area contributed by atoms with Gasteiger partial charge in [0.15, 0.2) is 0 Å². The topological polar surface area (TPSA) is 0 Å². The number of hydrogen-bond acceptors (Lipinski definition) is 0. The first-order valence-corrected chi connectivity index (χ1v) is 15.6. The molecule has 0 N–H and O–H groups in total. The predicted octanol–water partition coefficient (Wildman–Crippen LogP) is 12.1. The van der Waals surface area contributed by atoms with Gasteiger partial charge < -0.3 is 0 Å². The van der Waals surface area contributed by atoms with E-state index in [9.17, 15) is 0 Å². The molecule has 44 heavy (non-hydrogen) atoms. The van der Waals surface area contributed by atoms with Gasteiger partial charge in [0.2, 0.25) is 0 Å². The highest BCUT2D eigenvalue weighted by molar-refractivity contribution is 6.25. The highest BCUT2D eigenvalue weighted by Gasteiger charge is 2.23. The summed E-state index contributed by atoms with van der Waals surface area (Å²) < 4.78 is 0. The van der Waals surface area contributed by atoms with Crippen molar-refractivity contribution in [3.63, 3.8) is 0 Å². The molecule has 0 atom stereocenters. The highest BCUT2D eigenvalue weighted by atomic mass is 14.3. The van der Waals surface area contributed by atoms with E-state index in [0.29, 0.717) is 0 Å². The van der Waals surface area contributed by atoms with E-state index in [1.54, 1.807) is 0 Å². The monoisotopic (exact) mass is 556 g/mol. The van der Waals surface area contributed by atoms with Crippen LogP contribution >= 0.6 is 0 Å². The van der Waals surface area contributed by atoms with Gasteiger partial charge in [0.05, 0.1) is 0 Å². The molecule has 2 aliphatic carbocycles. The van der Waals surface area contributed by atoms with Gasteiger partial charge in [-0.15, -0.1) is 0 Å². The summed E-state index contributed by atoms with van der Waals surface area (Å²) >= 11 is 0. The first-order valence-electron chi connectivity index (χ1n) is 15.6. The molecule has 0 saturated carbocycles. The van der Waals surface area contributed by atoms with Crippen molar-refractivity contribution in [1.29, 1.82) is 0 Å². The Bertz CT molecular complexity index is 2510. The Balaban J connectivity index is 1.26. The van der Waals surface area contributed by atoms with Crippen molar-refractivity contribution in [2.24, 2.45) is 0 Å². The van der Waals surface area contributed by atoms with Gasteiger partial charge in [0.25, 0.3) is 0 Å². The van der Waals surface area contributed by atoms with E-state index in [0.717, 1.165) is 12.8 Å². The van der Waals surface area contributed by atoms with Crippen LogP contribution in [0.2, 0.25) is 0 Å². The minimum absolute atomic E-state index is 0.962.